The van der Waals surface area contributed by atoms with Gasteiger partial charge in [0, 0.05) is 10.9 Å². The van der Waals surface area contributed by atoms with Gasteiger partial charge in [-0.2, -0.15) is 0 Å². The van der Waals surface area contributed by atoms with Crippen LogP contribution in [-0.4, -0.2) is 25.8 Å². The Labute approximate surface area is 165 Å². The maximum Gasteiger partial charge on any atom is 0.283 e. The van der Waals surface area contributed by atoms with Crippen molar-refractivity contribution >= 4 is 39.7 Å². The summed E-state index contributed by atoms with van der Waals surface area (Å²) in [5.74, 6) is -1.17. The van der Waals surface area contributed by atoms with Crippen LogP contribution in [0.3, 0.4) is 0 Å². The number of rotatable bonds is 5. The number of carboxylic acids is 1. The summed E-state index contributed by atoms with van der Waals surface area (Å²) in [4.78, 5) is 32.8. The average molecular weight is 392 g/mol. The first-order valence-corrected chi connectivity index (χ1v) is 9.86. The van der Waals surface area contributed by atoms with Crippen molar-refractivity contribution in [2.75, 3.05) is 0 Å². The molecule has 0 radical (unpaired) electrons. The number of aromatic nitrogens is 3. The molecule has 28 heavy (non-hydrogen) atoms. The third kappa shape index (κ3) is 2.97. The molecule has 0 aliphatic carbocycles. The van der Waals surface area contributed by atoms with Crippen LogP contribution in [0.15, 0.2) is 58.5 Å². The van der Waals surface area contributed by atoms with Crippen molar-refractivity contribution in [3.63, 3.8) is 0 Å². The number of thioether (sulfide) groups is 1. The van der Waals surface area contributed by atoms with Gasteiger partial charge in [0.05, 0.1) is 16.9 Å². The highest BCUT2D eigenvalue weighted by atomic mass is 32.2. The molecule has 0 bridgehead atoms. The number of aromatic amines is 1. The summed E-state index contributed by atoms with van der Waals surface area (Å²) in [6.45, 7) is 3.68. The molecule has 0 unspecified atom stereocenters. The molecule has 2 aromatic carbocycles. The van der Waals surface area contributed by atoms with E-state index in [-0.39, 0.29) is 5.56 Å². The van der Waals surface area contributed by atoms with E-state index in [1.54, 1.807) is 6.92 Å². The molecule has 0 fully saturated rings. The second-order valence-corrected chi connectivity index (χ2v) is 7.72. The van der Waals surface area contributed by atoms with Crippen molar-refractivity contribution in [2.45, 2.75) is 30.7 Å². The molecule has 7 heteroatoms. The quantitative estimate of drug-likeness (QED) is 0.417. The zero-order valence-corrected chi connectivity index (χ0v) is 16.2. The van der Waals surface area contributed by atoms with Gasteiger partial charge in [0.1, 0.15) is 11.0 Å². The number of carboxylic acid groups (broad SMARTS) is 1. The van der Waals surface area contributed by atoms with Crippen LogP contribution in [0, 0.1) is 6.92 Å². The molecule has 1 atom stereocenters. The third-order valence-electron chi connectivity index (χ3n) is 4.73. The molecule has 0 saturated heterocycles. The maximum absolute atomic E-state index is 13.4. The number of aryl methyl sites for hydroxylation is 1. The molecule has 1 N–H and O–H groups in total. The fourth-order valence-corrected chi connectivity index (χ4v) is 4.22. The van der Waals surface area contributed by atoms with Crippen LogP contribution in [0.2, 0.25) is 0 Å². The van der Waals surface area contributed by atoms with Crippen molar-refractivity contribution in [1.29, 1.82) is 0 Å². The fraction of sp³-hybridized carbons (Fsp3) is 0.190. The lowest BCUT2D eigenvalue weighted by Gasteiger charge is -2.19. The van der Waals surface area contributed by atoms with E-state index < -0.39 is 11.2 Å². The molecule has 2 heterocycles. The predicted molar refractivity (Wildman–Crippen MR) is 109 cm³/mol. The largest absolute Gasteiger partial charge is 0.549 e. The van der Waals surface area contributed by atoms with Crippen molar-refractivity contribution < 1.29 is 9.90 Å². The predicted octanol–water partition coefficient (Wildman–Crippen LogP) is 2.80. The van der Waals surface area contributed by atoms with E-state index >= 15 is 0 Å². The topological polar surface area (TPSA) is 90.8 Å². The number of carbonyl (C=O) groups excluding carboxylic acids is 1. The Kier molecular flexibility index (Phi) is 4.68. The van der Waals surface area contributed by atoms with Crippen molar-refractivity contribution in [3.05, 3.63) is 64.4 Å². The van der Waals surface area contributed by atoms with Crippen molar-refractivity contribution in [2.24, 2.45) is 0 Å². The van der Waals surface area contributed by atoms with Gasteiger partial charge in [-0.3, -0.25) is 9.36 Å². The number of fused-ring (bicyclic) bond motifs is 3. The van der Waals surface area contributed by atoms with Gasteiger partial charge < -0.3 is 14.9 Å². The van der Waals surface area contributed by atoms with Crippen molar-refractivity contribution in [1.82, 2.24) is 14.5 Å². The Morgan fingerprint density at radius 3 is 2.64 bits per heavy atom. The molecule has 4 aromatic rings. The van der Waals surface area contributed by atoms with Crippen LogP contribution in [0.4, 0.5) is 0 Å². The Hall–Kier alpha value is -3.06. The van der Waals surface area contributed by atoms with Gasteiger partial charge in [0.15, 0.2) is 5.16 Å². The minimum absolute atomic E-state index is 0.258. The summed E-state index contributed by atoms with van der Waals surface area (Å²) in [6, 6.07) is 15.0. The maximum atomic E-state index is 13.4. The number of hydrogen-bond acceptors (Lipinski definition) is 5. The van der Waals surface area contributed by atoms with E-state index in [9.17, 15) is 14.7 Å². The highest BCUT2D eigenvalue weighted by molar-refractivity contribution is 8.00. The van der Waals surface area contributed by atoms with Gasteiger partial charge in [-0.15, -0.1) is 0 Å². The normalized spacial score (nSPS) is 12.5. The zero-order chi connectivity index (χ0) is 19.8. The smallest absolute Gasteiger partial charge is 0.283 e. The van der Waals surface area contributed by atoms with Crippen LogP contribution >= 0.6 is 11.8 Å². The number of benzene rings is 2. The SMILES string of the molecule is CC[C@@H](Sc1nc2c([nH]c3ccccc32)c(=O)n1-c1ccccc1C)C(=O)[O-]. The number of nitrogens with zero attached hydrogens (tertiary/aromatic N) is 2. The minimum atomic E-state index is -1.17. The first-order valence-electron chi connectivity index (χ1n) is 8.98. The zero-order valence-electron chi connectivity index (χ0n) is 15.4. The summed E-state index contributed by atoms with van der Waals surface area (Å²) in [5, 5.41) is 11.9. The van der Waals surface area contributed by atoms with E-state index in [1.165, 1.54) is 4.57 Å². The fourth-order valence-electron chi connectivity index (χ4n) is 3.27. The summed E-state index contributed by atoms with van der Waals surface area (Å²) in [6.07, 6.45) is 0.364. The Morgan fingerprint density at radius 1 is 1.21 bits per heavy atom. The van der Waals surface area contributed by atoms with E-state index in [0.29, 0.717) is 28.3 Å². The lowest BCUT2D eigenvalue weighted by Crippen LogP contribution is -2.34. The number of carbonyl (C=O) groups is 1. The monoisotopic (exact) mass is 392 g/mol. The Balaban J connectivity index is 2.07. The molecular formula is C21H18N3O3S-. The molecule has 6 nitrogen and oxygen atoms in total. The Morgan fingerprint density at radius 2 is 1.93 bits per heavy atom. The van der Waals surface area contributed by atoms with Gasteiger partial charge in [0.25, 0.3) is 5.56 Å². The number of hydrogen-bond donors (Lipinski definition) is 1. The molecule has 142 valence electrons. The first-order chi connectivity index (χ1) is 13.5. The second-order valence-electron chi connectivity index (χ2n) is 6.55. The summed E-state index contributed by atoms with van der Waals surface area (Å²) in [5.41, 5.74) is 3.07. The van der Waals surface area contributed by atoms with E-state index in [4.69, 9.17) is 4.98 Å². The summed E-state index contributed by atoms with van der Waals surface area (Å²) >= 11 is 1.04. The van der Waals surface area contributed by atoms with Crippen LogP contribution in [0.25, 0.3) is 27.6 Å². The van der Waals surface area contributed by atoms with Crippen LogP contribution in [-0.2, 0) is 4.79 Å². The van der Waals surface area contributed by atoms with Gasteiger partial charge in [-0.1, -0.05) is 55.1 Å². The van der Waals surface area contributed by atoms with Crippen molar-refractivity contribution in [3.8, 4) is 5.69 Å². The highest BCUT2D eigenvalue weighted by Crippen LogP contribution is 2.29. The lowest BCUT2D eigenvalue weighted by atomic mass is 10.2. The molecule has 0 amide bonds. The lowest BCUT2D eigenvalue weighted by molar-refractivity contribution is -0.304. The van der Waals surface area contributed by atoms with Crippen LogP contribution < -0.4 is 10.7 Å². The highest BCUT2D eigenvalue weighted by Gasteiger charge is 2.21. The third-order valence-corrected chi connectivity index (χ3v) is 6.03. The van der Waals surface area contributed by atoms with E-state index in [0.717, 1.165) is 28.2 Å². The standard InChI is InChI=1S/C21H19N3O3S/c1-3-16(20(26)27)28-21-23-17-13-9-5-6-10-14(13)22-18(17)19(25)24(21)15-11-7-4-8-12(15)2/h4-11,16,22H,3H2,1-2H3,(H,26,27)/p-1/t16-/m1/s1. The molecule has 0 spiro atoms. The first kappa shape index (κ1) is 18.3. The van der Waals surface area contributed by atoms with Gasteiger partial charge >= 0.3 is 0 Å². The summed E-state index contributed by atoms with van der Waals surface area (Å²) < 4.78 is 1.49. The number of aliphatic carboxylic acids is 1. The average Bonchev–Trinajstić information content (AvgIpc) is 3.06. The Bertz CT molecular complexity index is 1260. The van der Waals surface area contributed by atoms with E-state index in [1.807, 2.05) is 55.5 Å². The van der Waals surface area contributed by atoms with Crippen LogP contribution in [0.5, 0.6) is 0 Å². The molecule has 0 aliphatic rings. The molecule has 0 saturated carbocycles. The van der Waals surface area contributed by atoms with Gasteiger partial charge in [-0.05, 0) is 31.0 Å². The second kappa shape index (κ2) is 7.16. The van der Waals surface area contributed by atoms with Gasteiger partial charge in [-0.25, -0.2) is 4.98 Å². The van der Waals surface area contributed by atoms with Gasteiger partial charge in [0.2, 0.25) is 0 Å². The number of para-hydroxylation sites is 2. The molecule has 4 rings (SSSR count). The number of H-pyrrole nitrogens is 1. The summed E-state index contributed by atoms with van der Waals surface area (Å²) in [7, 11) is 0. The number of nitrogens with one attached hydrogen (secondary N) is 1. The van der Waals surface area contributed by atoms with Crippen LogP contribution in [0.1, 0.15) is 18.9 Å². The minimum Gasteiger partial charge on any atom is -0.549 e. The van der Waals surface area contributed by atoms with E-state index in [2.05, 4.69) is 4.98 Å². The molecule has 0 aliphatic heterocycles. The molecule has 2 aromatic heterocycles. The molecular weight excluding hydrogens is 374 g/mol.